The van der Waals surface area contributed by atoms with Gasteiger partial charge in [-0.3, -0.25) is 0 Å². The fourth-order valence-electron chi connectivity index (χ4n) is 1.58. The third-order valence-electron chi connectivity index (χ3n) is 2.41. The Kier molecular flexibility index (Phi) is 4.23. The standard InChI is InChI=1S/C11H15NO.ClH/c1-2-10-8-12-7-9-5-3-4-6-11(9)13-10;/h3-6,10,12H,2,7-8H2,1H3;1H. The molecular weight excluding hydrogens is 198 g/mol. The first-order valence-electron chi connectivity index (χ1n) is 4.85. The molecule has 1 aliphatic rings. The third-order valence-corrected chi connectivity index (χ3v) is 2.41. The number of fused-ring (bicyclic) bond motifs is 1. The van der Waals surface area contributed by atoms with Crippen molar-refractivity contribution < 1.29 is 4.74 Å². The first-order valence-corrected chi connectivity index (χ1v) is 4.85. The predicted molar refractivity (Wildman–Crippen MR) is 60.1 cm³/mol. The Morgan fingerprint density at radius 3 is 3.00 bits per heavy atom. The minimum Gasteiger partial charge on any atom is -0.489 e. The number of benzene rings is 1. The zero-order valence-corrected chi connectivity index (χ0v) is 9.14. The zero-order valence-electron chi connectivity index (χ0n) is 8.32. The summed E-state index contributed by atoms with van der Waals surface area (Å²) in [7, 11) is 0. The second kappa shape index (κ2) is 5.23. The van der Waals surface area contributed by atoms with Gasteiger partial charge in [-0.1, -0.05) is 25.1 Å². The highest BCUT2D eigenvalue weighted by Gasteiger charge is 2.14. The Balaban J connectivity index is 0.000000980. The normalized spacial score (nSPS) is 19.9. The number of nitrogens with one attached hydrogen (secondary N) is 1. The first kappa shape index (κ1) is 11.3. The van der Waals surface area contributed by atoms with Crippen molar-refractivity contribution in [3.05, 3.63) is 29.8 Å². The van der Waals surface area contributed by atoms with Crippen molar-refractivity contribution in [3.63, 3.8) is 0 Å². The molecule has 1 N–H and O–H groups in total. The highest BCUT2D eigenvalue weighted by atomic mass is 35.5. The third kappa shape index (κ3) is 2.40. The molecule has 1 heterocycles. The van der Waals surface area contributed by atoms with Crippen molar-refractivity contribution in [1.82, 2.24) is 5.32 Å². The van der Waals surface area contributed by atoms with Crippen molar-refractivity contribution >= 4 is 12.4 Å². The van der Waals surface area contributed by atoms with Crippen molar-refractivity contribution in [2.24, 2.45) is 0 Å². The van der Waals surface area contributed by atoms with Gasteiger partial charge in [0, 0.05) is 18.7 Å². The molecule has 1 atom stereocenters. The summed E-state index contributed by atoms with van der Waals surface area (Å²) < 4.78 is 5.84. The highest BCUT2D eigenvalue weighted by Crippen LogP contribution is 2.21. The van der Waals surface area contributed by atoms with E-state index in [2.05, 4.69) is 24.4 Å². The maximum atomic E-state index is 5.84. The molecule has 0 aliphatic carbocycles. The van der Waals surface area contributed by atoms with Gasteiger partial charge in [0.25, 0.3) is 0 Å². The zero-order chi connectivity index (χ0) is 9.10. The molecule has 0 bridgehead atoms. The molecule has 0 fully saturated rings. The van der Waals surface area contributed by atoms with Crippen LogP contribution >= 0.6 is 12.4 Å². The molecule has 0 saturated heterocycles. The lowest BCUT2D eigenvalue weighted by atomic mass is 10.2. The fourth-order valence-corrected chi connectivity index (χ4v) is 1.58. The summed E-state index contributed by atoms with van der Waals surface area (Å²) in [6.07, 6.45) is 1.38. The summed E-state index contributed by atoms with van der Waals surface area (Å²) in [5.74, 6) is 1.04. The predicted octanol–water partition coefficient (Wildman–Crippen LogP) is 2.37. The summed E-state index contributed by atoms with van der Waals surface area (Å²) in [6.45, 7) is 4.03. The summed E-state index contributed by atoms with van der Waals surface area (Å²) in [6, 6.07) is 8.23. The van der Waals surface area contributed by atoms with Gasteiger partial charge in [-0.05, 0) is 12.5 Å². The number of hydrogen-bond donors (Lipinski definition) is 1. The Labute approximate surface area is 91.1 Å². The molecule has 1 unspecified atom stereocenters. The molecule has 0 saturated carbocycles. The van der Waals surface area contributed by atoms with Gasteiger partial charge in [0.2, 0.25) is 0 Å². The van der Waals surface area contributed by atoms with E-state index in [-0.39, 0.29) is 12.4 Å². The van der Waals surface area contributed by atoms with Crippen LogP contribution in [0, 0.1) is 0 Å². The van der Waals surface area contributed by atoms with Crippen LogP contribution in [0.1, 0.15) is 18.9 Å². The molecule has 0 amide bonds. The van der Waals surface area contributed by atoms with Gasteiger partial charge in [0.05, 0.1) is 0 Å². The summed E-state index contributed by atoms with van der Waals surface area (Å²) in [5.41, 5.74) is 1.26. The average molecular weight is 214 g/mol. The van der Waals surface area contributed by atoms with Crippen LogP contribution in [0.15, 0.2) is 24.3 Å². The first-order chi connectivity index (χ1) is 6.40. The molecule has 0 spiro atoms. The summed E-state index contributed by atoms with van der Waals surface area (Å²) in [5, 5.41) is 3.38. The van der Waals surface area contributed by atoms with E-state index < -0.39 is 0 Å². The van der Waals surface area contributed by atoms with E-state index in [1.54, 1.807) is 0 Å². The van der Waals surface area contributed by atoms with Crippen LogP contribution in [0.2, 0.25) is 0 Å². The molecule has 2 rings (SSSR count). The van der Waals surface area contributed by atoms with Gasteiger partial charge < -0.3 is 10.1 Å². The molecule has 2 nitrogen and oxygen atoms in total. The van der Waals surface area contributed by atoms with E-state index >= 15 is 0 Å². The van der Waals surface area contributed by atoms with E-state index in [9.17, 15) is 0 Å². The lowest BCUT2D eigenvalue weighted by Gasteiger charge is -2.14. The minimum absolute atomic E-state index is 0. The summed E-state index contributed by atoms with van der Waals surface area (Å²) >= 11 is 0. The van der Waals surface area contributed by atoms with Gasteiger partial charge in [0.1, 0.15) is 11.9 Å². The molecule has 78 valence electrons. The Morgan fingerprint density at radius 2 is 2.21 bits per heavy atom. The topological polar surface area (TPSA) is 21.3 Å². The number of halogens is 1. The van der Waals surface area contributed by atoms with Crippen molar-refractivity contribution in [2.45, 2.75) is 26.0 Å². The Bertz CT molecular complexity index is 290. The van der Waals surface area contributed by atoms with Gasteiger partial charge in [0.15, 0.2) is 0 Å². The molecule has 1 aliphatic heterocycles. The van der Waals surface area contributed by atoms with Crippen LogP contribution < -0.4 is 10.1 Å². The average Bonchev–Trinajstić information content (AvgIpc) is 2.38. The van der Waals surface area contributed by atoms with Gasteiger partial charge >= 0.3 is 0 Å². The molecule has 1 aromatic carbocycles. The second-order valence-electron chi connectivity index (χ2n) is 3.39. The quantitative estimate of drug-likeness (QED) is 0.774. The Morgan fingerprint density at radius 1 is 1.43 bits per heavy atom. The maximum absolute atomic E-state index is 5.84. The monoisotopic (exact) mass is 213 g/mol. The maximum Gasteiger partial charge on any atom is 0.124 e. The van der Waals surface area contributed by atoms with Crippen LogP contribution in [0.3, 0.4) is 0 Å². The molecule has 14 heavy (non-hydrogen) atoms. The molecule has 0 aromatic heterocycles. The van der Waals surface area contributed by atoms with Crippen LogP contribution in [-0.2, 0) is 6.54 Å². The van der Waals surface area contributed by atoms with Crippen LogP contribution in [0.4, 0.5) is 0 Å². The molecule has 0 radical (unpaired) electrons. The lowest BCUT2D eigenvalue weighted by Crippen LogP contribution is -2.27. The van der Waals surface area contributed by atoms with Crippen molar-refractivity contribution in [3.8, 4) is 5.75 Å². The molecular formula is C11H16ClNO. The largest absolute Gasteiger partial charge is 0.489 e. The fraction of sp³-hybridized carbons (Fsp3) is 0.455. The van der Waals surface area contributed by atoms with Crippen LogP contribution in [0.5, 0.6) is 5.75 Å². The highest BCUT2D eigenvalue weighted by molar-refractivity contribution is 5.85. The van der Waals surface area contributed by atoms with E-state index in [0.29, 0.717) is 6.10 Å². The van der Waals surface area contributed by atoms with E-state index in [4.69, 9.17) is 4.74 Å². The number of ether oxygens (including phenoxy) is 1. The molecule has 1 aromatic rings. The SMILES string of the molecule is CCC1CNCc2ccccc2O1.Cl. The number of hydrogen-bond acceptors (Lipinski definition) is 2. The van der Waals surface area contributed by atoms with E-state index in [0.717, 1.165) is 25.3 Å². The molecule has 3 heteroatoms. The summed E-state index contributed by atoms with van der Waals surface area (Å²) in [4.78, 5) is 0. The minimum atomic E-state index is 0. The van der Waals surface area contributed by atoms with Crippen LogP contribution in [0.25, 0.3) is 0 Å². The van der Waals surface area contributed by atoms with Gasteiger partial charge in [-0.2, -0.15) is 0 Å². The van der Waals surface area contributed by atoms with Gasteiger partial charge in [-0.15, -0.1) is 12.4 Å². The number of para-hydroxylation sites is 1. The lowest BCUT2D eigenvalue weighted by molar-refractivity contribution is 0.202. The number of rotatable bonds is 1. The van der Waals surface area contributed by atoms with Crippen molar-refractivity contribution in [2.75, 3.05) is 6.54 Å². The van der Waals surface area contributed by atoms with Gasteiger partial charge in [-0.25, -0.2) is 0 Å². The van der Waals surface area contributed by atoms with E-state index in [1.807, 2.05) is 12.1 Å². The second-order valence-corrected chi connectivity index (χ2v) is 3.39. The van der Waals surface area contributed by atoms with Crippen molar-refractivity contribution in [1.29, 1.82) is 0 Å². The van der Waals surface area contributed by atoms with Crippen LogP contribution in [-0.4, -0.2) is 12.6 Å². The van der Waals surface area contributed by atoms with E-state index in [1.165, 1.54) is 5.56 Å². The Hall–Kier alpha value is -0.730. The smallest absolute Gasteiger partial charge is 0.124 e.